The topological polar surface area (TPSA) is 226 Å². The van der Waals surface area contributed by atoms with Gasteiger partial charge in [-0.1, -0.05) is 0 Å². The molecule has 2 rings (SSSR count). The molecule has 2 aromatic carbocycles. The van der Waals surface area contributed by atoms with Crippen molar-refractivity contribution >= 4 is 49.0 Å². The number of amides is 2. The van der Waals surface area contributed by atoms with Gasteiger partial charge in [0, 0.05) is 12.1 Å². The minimum absolute atomic E-state index is 0.233. The molecule has 0 radical (unpaired) electrons. The average Bonchev–Trinajstić information content (AvgIpc) is 2.61. The highest BCUT2D eigenvalue weighted by atomic mass is 32.2. The lowest BCUT2D eigenvalue weighted by Crippen LogP contribution is -2.32. The van der Waals surface area contributed by atoms with Crippen molar-refractivity contribution in [2.45, 2.75) is 9.79 Å². The summed E-state index contributed by atoms with van der Waals surface area (Å²) in [5.74, 6) is -0.465. The normalized spacial score (nSPS) is 11.7. The van der Waals surface area contributed by atoms with Gasteiger partial charge in [-0.3, -0.25) is 14.0 Å². The smallest absolute Gasteiger partial charge is 0.323 e. The molecule has 30 heavy (non-hydrogen) atoms. The second-order valence-corrected chi connectivity index (χ2v) is 8.52. The van der Waals surface area contributed by atoms with E-state index in [9.17, 15) is 30.7 Å². The summed E-state index contributed by atoms with van der Waals surface area (Å²) in [6.07, 6.45) is 0. The summed E-state index contributed by atoms with van der Waals surface area (Å²) in [5, 5.41) is 0. The van der Waals surface area contributed by atoms with Crippen molar-refractivity contribution in [3.05, 3.63) is 24.3 Å². The van der Waals surface area contributed by atoms with Crippen LogP contribution in [0, 0.1) is 0 Å². The number of primary amides is 1. The van der Waals surface area contributed by atoms with Gasteiger partial charge in [-0.2, -0.15) is 16.8 Å². The van der Waals surface area contributed by atoms with E-state index >= 15 is 0 Å². The molecule has 0 bridgehead atoms. The van der Waals surface area contributed by atoms with Crippen molar-refractivity contribution in [2.75, 3.05) is 30.6 Å². The Morgan fingerprint density at radius 1 is 0.833 bits per heavy atom. The Bertz CT molecular complexity index is 1140. The number of ether oxygens (including phenoxy) is 2. The van der Waals surface area contributed by atoms with E-state index < -0.39 is 47.4 Å². The molecule has 0 unspecified atom stereocenters. The Balaban J connectivity index is 2.90. The molecule has 0 saturated heterocycles. The number of carbonyl (C=O) groups is 1. The van der Waals surface area contributed by atoms with Gasteiger partial charge in [0.05, 0.1) is 37.0 Å². The molecular weight excluding hydrogens is 444 g/mol. The number of nitrogens with two attached hydrogens (primary N) is 3. The van der Waals surface area contributed by atoms with Crippen molar-refractivity contribution in [1.29, 1.82) is 0 Å². The van der Waals surface area contributed by atoms with E-state index in [-0.39, 0.29) is 22.9 Å². The monoisotopic (exact) mass is 462 g/mol. The van der Waals surface area contributed by atoms with Crippen LogP contribution in [0.5, 0.6) is 11.5 Å². The van der Waals surface area contributed by atoms with Crippen molar-refractivity contribution in [3.8, 4) is 11.5 Å². The van der Waals surface area contributed by atoms with E-state index in [0.29, 0.717) is 4.90 Å². The molecular formula is C15H18N4O9S2. The Kier molecular flexibility index (Phi) is 6.03. The summed E-state index contributed by atoms with van der Waals surface area (Å²) in [5.41, 5.74) is 15.3. The third-order valence-corrected chi connectivity index (χ3v) is 5.70. The van der Waals surface area contributed by atoms with E-state index in [2.05, 4.69) is 0 Å². The van der Waals surface area contributed by atoms with Crippen LogP contribution in [0.3, 0.4) is 0 Å². The summed E-state index contributed by atoms with van der Waals surface area (Å²) >= 11 is 0. The van der Waals surface area contributed by atoms with Gasteiger partial charge >= 0.3 is 6.03 Å². The molecule has 0 fully saturated rings. The molecule has 15 heteroatoms. The van der Waals surface area contributed by atoms with E-state index in [0.717, 1.165) is 38.5 Å². The standard InChI is InChI=1S/C15H18N4O9S2/c1-27-9-3-7(5-11(13(9)16)29(21,22)23)19(15(18)20)8-4-10(28-2)14(17)12(6-8)30(24,25)26/h3-6H,16-17H2,1-2H3,(H2,18,20)(H,21,22,23)(H,24,25,26). The second-order valence-electron chi connectivity index (χ2n) is 5.74. The Labute approximate surface area is 171 Å². The quantitative estimate of drug-likeness (QED) is 0.294. The van der Waals surface area contributed by atoms with Gasteiger partial charge in [0.1, 0.15) is 21.3 Å². The fraction of sp³-hybridized carbons (Fsp3) is 0.133. The van der Waals surface area contributed by atoms with Crippen LogP contribution < -0.4 is 31.6 Å². The lowest BCUT2D eigenvalue weighted by molar-refractivity contribution is 0.256. The molecule has 0 aliphatic heterocycles. The summed E-state index contributed by atoms with van der Waals surface area (Å²) in [6, 6.07) is 2.66. The van der Waals surface area contributed by atoms with Crippen LogP contribution in [0.1, 0.15) is 0 Å². The fourth-order valence-corrected chi connectivity index (χ4v) is 3.90. The molecule has 0 heterocycles. The first-order valence-electron chi connectivity index (χ1n) is 7.72. The van der Waals surface area contributed by atoms with Crippen LogP contribution in [0.15, 0.2) is 34.1 Å². The minimum atomic E-state index is -4.85. The van der Waals surface area contributed by atoms with Gasteiger partial charge in [0.15, 0.2) is 0 Å². The lowest BCUT2D eigenvalue weighted by Gasteiger charge is -2.24. The van der Waals surface area contributed by atoms with E-state index in [1.165, 1.54) is 0 Å². The number of hydrogen-bond donors (Lipinski definition) is 5. The van der Waals surface area contributed by atoms with E-state index in [4.69, 9.17) is 26.7 Å². The number of rotatable bonds is 6. The number of carbonyl (C=O) groups excluding carboxylic acids is 1. The second kappa shape index (κ2) is 7.86. The SMILES string of the molecule is COc1cc(N(C(N)=O)c2cc(OC)c(N)c(S(=O)(=O)O)c2)cc(S(=O)(=O)O)c1N. The first-order valence-corrected chi connectivity index (χ1v) is 10.6. The third-order valence-electron chi connectivity index (χ3n) is 3.91. The molecule has 2 aromatic rings. The third kappa shape index (κ3) is 4.33. The Morgan fingerprint density at radius 2 is 1.17 bits per heavy atom. The molecule has 0 aliphatic carbocycles. The molecule has 0 spiro atoms. The molecule has 2 amide bonds. The molecule has 0 atom stereocenters. The number of hydrogen-bond acceptors (Lipinski definition) is 9. The number of anilines is 4. The molecule has 0 aromatic heterocycles. The average molecular weight is 462 g/mol. The van der Waals surface area contributed by atoms with Gasteiger partial charge < -0.3 is 26.7 Å². The molecule has 164 valence electrons. The van der Waals surface area contributed by atoms with Gasteiger partial charge in [0.25, 0.3) is 20.2 Å². The molecule has 13 nitrogen and oxygen atoms in total. The number of methoxy groups -OCH3 is 2. The summed E-state index contributed by atoms with van der Waals surface area (Å²) < 4.78 is 75.5. The van der Waals surface area contributed by atoms with Gasteiger partial charge in [0.2, 0.25) is 0 Å². The summed E-state index contributed by atoms with van der Waals surface area (Å²) in [7, 11) is -7.38. The number of nitrogen functional groups attached to an aromatic ring is 2. The van der Waals surface area contributed by atoms with Crippen LogP contribution in [-0.4, -0.2) is 46.2 Å². The Hall–Kier alpha value is -3.27. The van der Waals surface area contributed by atoms with Crippen LogP contribution in [0.25, 0.3) is 0 Å². The zero-order valence-electron chi connectivity index (χ0n) is 15.6. The van der Waals surface area contributed by atoms with Gasteiger partial charge in [-0.15, -0.1) is 0 Å². The zero-order valence-corrected chi connectivity index (χ0v) is 17.2. The van der Waals surface area contributed by atoms with Crippen molar-refractivity contribution < 1.29 is 40.2 Å². The maximum atomic E-state index is 12.2. The molecule has 0 aliphatic rings. The van der Waals surface area contributed by atoms with Crippen molar-refractivity contribution in [2.24, 2.45) is 5.73 Å². The molecule has 0 saturated carbocycles. The van der Waals surface area contributed by atoms with Gasteiger partial charge in [-0.05, 0) is 12.1 Å². The van der Waals surface area contributed by atoms with Crippen molar-refractivity contribution in [1.82, 2.24) is 0 Å². The van der Waals surface area contributed by atoms with E-state index in [1.54, 1.807) is 0 Å². The van der Waals surface area contributed by atoms with E-state index in [1.807, 2.05) is 0 Å². The van der Waals surface area contributed by atoms with Crippen molar-refractivity contribution in [3.63, 3.8) is 0 Å². The first kappa shape index (κ1) is 23.0. The highest BCUT2D eigenvalue weighted by Gasteiger charge is 2.27. The summed E-state index contributed by atoms with van der Waals surface area (Å²) in [6.45, 7) is 0. The van der Waals surface area contributed by atoms with Crippen LogP contribution in [0.2, 0.25) is 0 Å². The maximum absolute atomic E-state index is 12.2. The highest BCUT2D eigenvalue weighted by Crippen LogP contribution is 2.40. The summed E-state index contributed by atoms with van der Waals surface area (Å²) in [4.78, 5) is 11.2. The highest BCUT2D eigenvalue weighted by molar-refractivity contribution is 7.86. The van der Waals surface area contributed by atoms with Gasteiger partial charge in [-0.25, -0.2) is 4.79 Å². The Morgan fingerprint density at radius 3 is 1.40 bits per heavy atom. The number of benzene rings is 2. The molecule has 8 N–H and O–H groups in total. The zero-order chi connectivity index (χ0) is 23.0. The predicted molar refractivity (Wildman–Crippen MR) is 106 cm³/mol. The largest absolute Gasteiger partial charge is 0.494 e. The minimum Gasteiger partial charge on any atom is -0.494 e. The van der Waals surface area contributed by atoms with Crippen LogP contribution in [0.4, 0.5) is 27.5 Å². The first-order chi connectivity index (χ1) is 13.7. The number of nitrogens with zero attached hydrogens (tertiary/aromatic N) is 1. The number of urea groups is 1. The lowest BCUT2D eigenvalue weighted by atomic mass is 10.2. The van der Waals surface area contributed by atoms with Crippen LogP contribution in [-0.2, 0) is 20.2 Å². The predicted octanol–water partition coefficient (Wildman–Crippen LogP) is 0.578. The van der Waals surface area contributed by atoms with Crippen LogP contribution >= 0.6 is 0 Å². The fourth-order valence-electron chi connectivity index (χ4n) is 2.60. The maximum Gasteiger partial charge on any atom is 0.323 e.